The van der Waals surface area contributed by atoms with Crippen LogP contribution in [0, 0.1) is 11.7 Å². The van der Waals surface area contributed by atoms with Gasteiger partial charge in [-0.1, -0.05) is 45.7 Å². The van der Waals surface area contributed by atoms with Crippen LogP contribution in [0.5, 0.6) is 0 Å². The van der Waals surface area contributed by atoms with E-state index in [9.17, 15) is 4.39 Å². The molecule has 0 aliphatic heterocycles. The van der Waals surface area contributed by atoms with Gasteiger partial charge in [0.25, 0.3) is 0 Å². The van der Waals surface area contributed by atoms with Crippen molar-refractivity contribution in [1.82, 2.24) is 0 Å². The predicted molar refractivity (Wildman–Crippen MR) is 65.4 cm³/mol. The maximum absolute atomic E-state index is 13.4. The SMILES string of the molecule is CC(Br)C(C)Cc1cc(Br)ccc1F. The van der Waals surface area contributed by atoms with E-state index in [0.29, 0.717) is 10.7 Å². The molecule has 1 aromatic rings. The second kappa shape index (κ2) is 5.26. The van der Waals surface area contributed by atoms with E-state index in [2.05, 4.69) is 45.7 Å². The van der Waals surface area contributed by atoms with Crippen molar-refractivity contribution in [1.29, 1.82) is 0 Å². The third-order valence-electron chi connectivity index (χ3n) is 2.33. The standard InChI is InChI=1S/C11H13Br2F/c1-7(8(2)12)5-9-6-10(13)3-4-11(9)14/h3-4,6-8H,5H2,1-2H3. The lowest BCUT2D eigenvalue weighted by Crippen LogP contribution is -2.10. The van der Waals surface area contributed by atoms with Crippen LogP contribution in [0.4, 0.5) is 4.39 Å². The fourth-order valence-electron chi connectivity index (χ4n) is 1.21. The van der Waals surface area contributed by atoms with Crippen LogP contribution >= 0.6 is 31.9 Å². The van der Waals surface area contributed by atoms with Crippen LogP contribution in [0.25, 0.3) is 0 Å². The van der Waals surface area contributed by atoms with E-state index in [0.717, 1.165) is 16.5 Å². The van der Waals surface area contributed by atoms with E-state index in [4.69, 9.17) is 0 Å². The van der Waals surface area contributed by atoms with Crippen LogP contribution in [0.2, 0.25) is 0 Å². The van der Waals surface area contributed by atoms with Crippen molar-refractivity contribution in [2.45, 2.75) is 25.1 Å². The van der Waals surface area contributed by atoms with Crippen molar-refractivity contribution < 1.29 is 4.39 Å². The first-order chi connectivity index (χ1) is 6.50. The van der Waals surface area contributed by atoms with Crippen LogP contribution in [0.3, 0.4) is 0 Å². The van der Waals surface area contributed by atoms with Gasteiger partial charge in [0.05, 0.1) is 0 Å². The maximum atomic E-state index is 13.4. The van der Waals surface area contributed by atoms with E-state index in [1.165, 1.54) is 6.07 Å². The second-order valence-electron chi connectivity index (χ2n) is 3.59. The van der Waals surface area contributed by atoms with Gasteiger partial charge < -0.3 is 0 Å². The summed E-state index contributed by atoms with van der Waals surface area (Å²) >= 11 is 6.85. The van der Waals surface area contributed by atoms with E-state index < -0.39 is 0 Å². The quantitative estimate of drug-likeness (QED) is 0.716. The summed E-state index contributed by atoms with van der Waals surface area (Å²) in [5.41, 5.74) is 0.776. The molecule has 0 amide bonds. The van der Waals surface area contributed by atoms with Gasteiger partial charge in [-0.05, 0) is 36.1 Å². The Morgan fingerprint density at radius 3 is 2.57 bits per heavy atom. The maximum Gasteiger partial charge on any atom is 0.126 e. The lowest BCUT2D eigenvalue weighted by molar-refractivity contribution is 0.544. The van der Waals surface area contributed by atoms with Gasteiger partial charge in [-0.3, -0.25) is 0 Å². The second-order valence-corrected chi connectivity index (χ2v) is 5.95. The van der Waals surface area contributed by atoms with Crippen molar-refractivity contribution in [3.63, 3.8) is 0 Å². The van der Waals surface area contributed by atoms with Crippen molar-refractivity contribution >= 4 is 31.9 Å². The van der Waals surface area contributed by atoms with E-state index >= 15 is 0 Å². The van der Waals surface area contributed by atoms with Crippen LogP contribution in [0.1, 0.15) is 19.4 Å². The Hall–Kier alpha value is 0.110. The van der Waals surface area contributed by atoms with Gasteiger partial charge in [-0.15, -0.1) is 0 Å². The van der Waals surface area contributed by atoms with Crippen molar-refractivity contribution in [3.8, 4) is 0 Å². The van der Waals surface area contributed by atoms with Gasteiger partial charge in [0.15, 0.2) is 0 Å². The average molecular weight is 324 g/mol. The minimum absolute atomic E-state index is 0.117. The summed E-state index contributed by atoms with van der Waals surface area (Å²) in [5.74, 6) is 0.312. The molecule has 14 heavy (non-hydrogen) atoms. The summed E-state index contributed by atoms with van der Waals surface area (Å²) in [4.78, 5) is 0.404. The fraction of sp³-hybridized carbons (Fsp3) is 0.455. The van der Waals surface area contributed by atoms with Gasteiger partial charge >= 0.3 is 0 Å². The monoisotopic (exact) mass is 322 g/mol. The molecule has 0 bridgehead atoms. The van der Waals surface area contributed by atoms with Crippen molar-refractivity contribution in [2.24, 2.45) is 5.92 Å². The third kappa shape index (κ3) is 3.35. The lowest BCUT2D eigenvalue weighted by atomic mass is 9.98. The smallest absolute Gasteiger partial charge is 0.126 e. The highest BCUT2D eigenvalue weighted by Crippen LogP contribution is 2.22. The van der Waals surface area contributed by atoms with E-state index in [1.807, 2.05) is 6.07 Å². The number of hydrogen-bond donors (Lipinski definition) is 0. The Morgan fingerprint density at radius 1 is 1.36 bits per heavy atom. The molecule has 1 aromatic carbocycles. The van der Waals surface area contributed by atoms with Gasteiger partial charge in [-0.2, -0.15) is 0 Å². The number of hydrogen-bond acceptors (Lipinski definition) is 0. The molecule has 0 saturated carbocycles. The van der Waals surface area contributed by atoms with Gasteiger partial charge in [-0.25, -0.2) is 4.39 Å². The highest BCUT2D eigenvalue weighted by atomic mass is 79.9. The molecular formula is C11H13Br2F. The summed E-state index contributed by atoms with van der Waals surface area (Å²) in [6.45, 7) is 4.19. The largest absolute Gasteiger partial charge is 0.207 e. The molecule has 0 aromatic heterocycles. The van der Waals surface area contributed by atoms with Gasteiger partial charge in [0.1, 0.15) is 5.82 Å². The van der Waals surface area contributed by atoms with Crippen LogP contribution in [-0.2, 0) is 6.42 Å². The molecule has 0 fully saturated rings. The molecule has 0 heterocycles. The molecular weight excluding hydrogens is 311 g/mol. The Balaban J connectivity index is 2.80. The molecule has 0 aliphatic carbocycles. The van der Waals surface area contributed by atoms with Crippen LogP contribution in [-0.4, -0.2) is 4.83 Å². The number of alkyl halides is 1. The summed E-state index contributed by atoms with van der Waals surface area (Å²) in [5, 5.41) is 0. The zero-order valence-electron chi connectivity index (χ0n) is 8.23. The molecule has 0 saturated heterocycles. The molecule has 2 unspecified atom stereocenters. The predicted octanol–water partition coefficient (Wildman–Crippen LogP) is 4.55. The molecule has 0 spiro atoms. The molecule has 3 heteroatoms. The highest BCUT2D eigenvalue weighted by molar-refractivity contribution is 9.10. The first-order valence-corrected chi connectivity index (χ1v) is 6.29. The zero-order chi connectivity index (χ0) is 10.7. The minimum Gasteiger partial charge on any atom is -0.207 e. The summed E-state index contributed by atoms with van der Waals surface area (Å²) < 4.78 is 14.3. The van der Waals surface area contributed by atoms with Crippen LogP contribution in [0.15, 0.2) is 22.7 Å². The molecule has 0 N–H and O–H groups in total. The summed E-state index contributed by atoms with van der Waals surface area (Å²) in [7, 11) is 0. The van der Waals surface area contributed by atoms with Crippen molar-refractivity contribution in [2.75, 3.05) is 0 Å². The molecule has 2 atom stereocenters. The van der Waals surface area contributed by atoms with Gasteiger partial charge in [0.2, 0.25) is 0 Å². The number of rotatable bonds is 3. The number of halogens is 3. The van der Waals surface area contributed by atoms with E-state index in [1.54, 1.807) is 6.07 Å². The molecule has 0 radical (unpaired) electrons. The minimum atomic E-state index is -0.117. The first kappa shape index (κ1) is 12.2. The number of benzene rings is 1. The Kier molecular flexibility index (Phi) is 4.58. The normalized spacial score (nSPS) is 15.2. The Bertz CT molecular complexity index is 310. The summed E-state index contributed by atoms with van der Waals surface area (Å²) in [6.07, 6.45) is 0.762. The lowest BCUT2D eigenvalue weighted by Gasteiger charge is -2.14. The molecule has 1 rings (SSSR count). The summed E-state index contributed by atoms with van der Waals surface area (Å²) in [6, 6.07) is 5.08. The fourth-order valence-corrected chi connectivity index (χ4v) is 1.80. The highest BCUT2D eigenvalue weighted by Gasteiger charge is 2.12. The third-order valence-corrected chi connectivity index (χ3v) is 3.73. The molecule has 78 valence electrons. The zero-order valence-corrected chi connectivity index (χ0v) is 11.4. The first-order valence-electron chi connectivity index (χ1n) is 4.58. The Labute approximate surface area is 101 Å². The average Bonchev–Trinajstić information content (AvgIpc) is 2.11. The molecule has 0 aliphatic rings. The van der Waals surface area contributed by atoms with Gasteiger partial charge in [0, 0.05) is 9.30 Å². The van der Waals surface area contributed by atoms with E-state index in [-0.39, 0.29) is 5.82 Å². The topological polar surface area (TPSA) is 0 Å². The van der Waals surface area contributed by atoms with Crippen molar-refractivity contribution in [3.05, 3.63) is 34.1 Å². The molecule has 0 nitrogen and oxygen atoms in total. The Morgan fingerprint density at radius 2 is 2.00 bits per heavy atom. The van der Waals surface area contributed by atoms with Crippen LogP contribution < -0.4 is 0 Å².